The lowest BCUT2D eigenvalue weighted by Gasteiger charge is -2.51. The van der Waals surface area contributed by atoms with Crippen LogP contribution in [0.5, 0.6) is 0 Å². The molecule has 5 heteroatoms. The van der Waals surface area contributed by atoms with E-state index in [1.165, 1.54) is 64.5 Å². The topological polar surface area (TPSA) is 77.8 Å². The van der Waals surface area contributed by atoms with E-state index in [2.05, 4.69) is 65.6 Å². The Hall–Kier alpha value is -2.92. The zero-order valence-electron chi connectivity index (χ0n) is 20.4. The molecule has 6 rings (SSSR count). The van der Waals surface area contributed by atoms with Crippen LogP contribution in [0, 0.1) is 11.8 Å². The smallest absolute Gasteiger partial charge is 0.328 e. The molecule has 4 fully saturated rings. The Kier molecular flexibility index (Phi) is 8.40. The first-order valence-corrected chi connectivity index (χ1v) is 13.0. The Labute approximate surface area is 208 Å². The predicted molar refractivity (Wildman–Crippen MR) is 137 cm³/mol. The first kappa shape index (κ1) is 25.2. The van der Waals surface area contributed by atoms with Gasteiger partial charge in [0.05, 0.1) is 0 Å². The van der Waals surface area contributed by atoms with Crippen molar-refractivity contribution in [1.82, 2.24) is 4.90 Å². The van der Waals surface area contributed by atoms with Crippen LogP contribution in [0.25, 0.3) is 0 Å². The minimum Gasteiger partial charge on any atom is -0.478 e. The second kappa shape index (κ2) is 11.7. The zero-order valence-corrected chi connectivity index (χ0v) is 20.4. The number of hydrogen-bond donors (Lipinski definition) is 2. The molecule has 0 radical (unpaired) electrons. The van der Waals surface area contributed by atoms with Crippen molar-refractivity contribution in [2.24, 2.45) is 11.8 Å². The summed E-state index contributed by atoms with van der Waals surface area (Å²) in [6, 6.07) is 23.8. The highest BCUT2D eigenvalue weighted by Gasteiger charge is 2.47. The quantitative estimate of drug-likeness (QED) is 0.499. The van der Waals surface area contributed by atoms with E-state index in [1.807, 2.05) is 0 Å². The maximum atomic E-state index is 9.55. The van der Waals surface area contributed by atoms with Crippen LogP contribution in [0.15, 0.2) is 72.8 Å². The molecule has 5 nitrogen and oxygen atoms in total. The number of rotatable bonds is 7. The average Bonchev–Trinajstić information content (AvgIpc) is 3.44. The molecular formula is C30H37NO4. The molecule has 3 saturated heterocycles. The van der Waals surface area contributed by atoms with E-state index in [-0.39, 0.29) is 5.41 Å². The van der Waals surface area contributed by atoms with Gasteiger partial charge in [-0.25, -0.2) is 9.59 Å². The molecule has 35 heavy (non-hydrogen) atoms. The van der Waals surface area contributed by atoms with Crippen molar-refractivity contribution in [2.45, 2.75) is 62.8 Å². The first-order chi connectivity index (χ1) is 17.0. The van der Waals surface area contributed by atoms with E-state index >= 15 is 0 Å². The molecule has 0 spiro atoms. The highest BCUT2D eigenvalue weighted by atomic mass is 16.4. The van der Waals surface area contributed by atoms with Crippen LogP contribution in [0.3, 0.4) is 0 Å². The molecule has 186 valence electrons. The van der Waals surface area contributed by atoms with Crippen LogP contribution in [0.4, 0.5) is 0 Å². The standard InChI is InChI=1S/C26H33N.C4H4O4/c1-3-9-22(10-4-1)26(24-13-7-8-14-24,23-11-5-2-6-12-23)20-25-19-21-15-17-27(25)18-16-21;5-3(6)1-2-4(7)8/h1-6,9-12,21,24-25H,7-8,13-20H2;1-2H,(H,5,6)(H,7,8). The van der Waals surface area contributed by atoms with Gasteiger partial charge in [-0.1, -0.05) is 73.5 Å². The predicted octanol–water partition coefficient (Wildman–Crippen LogP) is 5.75. The number of hydrogen-bond acceptors (Lipinski definition) is 3. The second-order valence-corrected chi connectivity index (χ2v) is 10.3. The van der Waals surface area contributed by atoms with Crippen molar-refractivity contribution >= 4 is 11.9 Å². The Morgan fingerprint density at radius 1 is 0.800 bits per heavy atom. The van der Waals surface area contributed by atoms with Gasteiger partial charge in [0.1, 0.15) is 0 Å². The fourth-order valence-corrected chi connectivity index (χ4v) is 6.74. The summed E-state index contributed by atoms with van der Waals surface area (Å²) in [5.41, 5.74) is 3.30. The summed E-state index contributed by atoms with van der Waals surface area (Å²) in [7, 11) is 0. The largest absolute Gasteiger partial charge is 0.478 e. The van der Waals surface area contributed by atoms with Gasteiger partial charge < -0.3 is 15.1 Å². The molecule has 1 aliphatic carbocycles. The molecule has 4 aliphatic rings. The minimum atomic E-state index is -1.26. The third kappa shape index (κ3) is 6.02. The van der Waals surface area contributed by atoms with Crippen LogP contribution in [-0.2, 0) is 15.0 Å². The van der Waals surface area contributed by atoms with E-state index in [4.69, 9.17) is 10.2 Å². The van der Waals surface area contributed by atoms with E-state index in [0.29, 0.717) is 12.2 Å². The molecule has 2 aromatic rings. The Morgan fingerprint density at radius 3 is 1.69 bits per heavy atom. The monoisotopic (exact) mass is 475 g/mol. The fourth-order valence-electron chi connectivity index (χ4n) is 6.74. The van der Waals surface area contributed by atoms with Gasteiger partial charge in [0.25, 0.3) is 0 Å². The van der Waals surface area contributed by atoms with Crippen molar-refractivity contribution in [1.29, 1.82) is 0 Å². The number of fused-ring (bicyclic) bond motifs is 3. The van der Waals surface area contributed by atoms with Crippen LogP contribution < -0.4 is 0 Å². The summed E-state index contributed by atoms with van der Waals surface area (Å²) >= 11 is 0. The minimum absolute atomic E-state index is 0.182. The van der Waals surface area contributed by atoms with Gasteiger partial charge in [0, 0.05) is 23.6 Å². The molecule has 0 amide bonds. The van der Waals surface area contributed by atoms with E-state index in [0.717, 1.165) is 17.9 Å². The molecule has 1 unspecified atom stereocenters. The van der Waals surface area contributed by atoms with Crippen molar-refractivity contribution in [3.05, 3.63) is 83.9 Å². The normalized spacial score (nSPS) is 24.2. The summed E-state index contributed by atoms with van der Waals surface area (Å²) in [5.74, 6) is -0.753. The number of aliphatic carboxylic acids is 2. The number of carboxylic acid groups (broad SMARTS) is 2. The summed E-state index contributed by atoms with van der Waals surface area (Å²) < 4.78 is 0. The van der Waals surface area contributed by atoms with Crippen molar-refractivity contribution in [3.8, 4) is 0 Å². The summed E-state index contributed by atoms with van der Waals surface area (Å²) in [6.07, 6.45) is 12.3. The van der Waals surface area contributed by atoms with E-state index < -0.39 is 11.9 Å². The maximum Gasteiger partial charge on any atom is 0.328 e. The van der Waals surface area contributed by atoms with Crippen LogP contribution in [0.1, 0.15) is 62.5 Å². The number of carboxylic acids is 2. The van der Waals surface area contributed by atoms with Gasteiger partial charge in [0.15, 0.2) is 0 Å². The molecule has 2 bridgehead atoms. The van der Waals surface area contributed by atoms with Crippen LogP contribution in [0.2, 0.25) is 0 Å². The lowest BCUT2D eigenvalue weighted by molar-refractivity contribution is -0.134. The number of benzene rings is 2. The fraction of sp³-hybridized carbons (Fsp3) is 0.467. The third-order valence-electron chi connectivity index (χ3n) is 8.33. The number of carbonyl (C=O) groups is 2. The molecule has 0 aromatic heterocycles. The molecular weight excluding hydrogens is 438 g/mol. The van der Waals surface area contributed by atoms with Gasteiger partial charge in [-0.05, 0) is 74.6 Å². The first-order valence-electron chi connectivity index (χ1n) is 13.0. The lowest BCUT2D eigenvalue weighted by Crippen LogP contribution is -2.52. The summed E-state index contributed by atoms with van der Waals surface area (Å²) in [6.45, 7) is 2.67. The molecule has 3 heterocycles. The lowest BCUT2D eigenvalue weighted by atomic mass is 9.60. The molecule has 1 saturated carbocycles. The zero-order chi connectivity index (χ0) is 24.7. The number of piperidine rings is 3. The van der Waals surface area contributed by atoms with Gasteiger partial charge >= 0.3 is 11.9 Å². The molecule has 2 N–H and O–H groups in total. The second-order valence-electron chi connectivity index (χ2n) is 10.3. The molecule has 3 aliphatic heterocycles. The van der Waals surface area contributed by atoms with Gasteiger partial charge in [-0.15, -0.1) is 0 Å². The van der Waals surface area contributed by atoms with Gasteiger partial charge in [-0.2, -0.15) is 0 Å². The Bertz CT molecular complexity index is 934. The van der Waals surface area contributed by atoms with Crippen LogP contribution >= 0.6 is 0 Å². The average molecular weight is 476 g/mol. The molecule has 2 aromatic carbocycles. The highest BCUT2D eigenvalue weighted by Crippen LogP contribution is 2.51. The number of nitrogens with zero attached hydrogens (tertiary/aromatic N) is 1. The summed E-state index contributed by atoms with van der Waals surface area (Å²) in [5, 5.41) is 15.6. The van der Waals surface area contributed by atoms with Crippen molar-refractivity contribution < 1.29 is 19.8 Å². The van der Waals surface area contributed by atoms with Crippen LogP contribution in [-0.4, -0.2) is 46.2 Å². The SMILES string of the molecule is O=C(O)C=CC(=O)O.c1ccc(C(CC2CC3CCN2CC3)(c2ccccc2)C2CCCC2)cc1. The van der Waals surface area contributed by atoms with Gasteiger partial charge in [0.2, 0.25) is 0 Å². The van der Waals surface area contributed by atoms with Crippen molar-refractivity contribution in [3.63, 3.8) is 0 Å². The summed E-state index contributed by atoms with van der Waals surface area (Å²) in [4.78, 5) is 21.9. The molecule has 1 atom stereocenters. The van der Waals surface area contributed by atoms with E-state index in [9.17, 15) is 9.59 Å². The highest BCUT2D eigenvalue weighted by molar-refractivity contribution is 5.89. The Balaban J connectivity index is 0.000000314. The Morgan fingerprint density at radius 2 is 1.29 bits per heavy atom. The van der Waals surface area contributed by atoms with E-state index in [1.54, 1.807) is 11.1 Å². The van der Waals surface area contributed by atoms with Gasteiger partial charge in [-0.3, -0.25) is 0 Å². The van der Waals surface area contributed by atoms with Crippen molar-refractivity contribution in [2.75, 3.05) is 13.1 Å². The maximum absolute atomic E-state index is 9.55. The third-order valence-corrected chi connectivity index (χ3v) is 8.33.